The summed E-state index contributed by atoms with van der Waals surface area (Å²) in [5, 5.41) is 3.28. The summed E-state index contributed by atoms with van der Waals surface area (Å²) in [4.78, 5) is 16.1. The third-order valence-electron chi connectivity index (χ3n) is 9.34. The fourth-order valence-electron chi connectivity index (χ4n) is 7.90. The molecule has 29 heavy (non-hydrogen) atoms. The van der Waals surface area contributed by atoms with Crippen molar-refractivity contribution in [3.63, 3.8) is 0 Å². The van der Waals surface area contributed by atoms with Crippen molar-refractivity contribution < 1.29 is 4.79 Å². The molecule has 5 rings (SSSR count). The van der Waals surface area contributed by atoms with Gasteiger partial charge in [0.05, 0.1) is 0 Å². The van der Waals surface area contributed by atoms with Crippen LogP contribution in [0.1, 0.15) is 64.9 Å². The van der Waals surface area contributed by atoms with E-state index in [0.29, 0.717) is 23.3 Å². The van der Waals surface area contributed by atoms with E-state index in [1.54, 1.807) is 11.6 Å². The van der Waals surface area contributed by atoms with Gasteiger partial charge in [-0.2, -0.15) is 0 Å². The molecule has 3 fully saturated rings. The highest BCUT2D eigenvalue weighted by Gasteiger charge is 2.59. The molecular weight excluding hydrogens is 356 g/mol. The topological polar surface area (TPSA) is 42.0 Å². The molecule has 0 aromatic carbocycles. The Morgan fingerprint density at radius 3 is 2.69 bits per heavy atom. The molecule has 3 nitrogen and oxygen atoms in total. The highest BCUT2D eigenvalue weighted by atomic mass is 16.1. The molecule has 3 aliphatic carbocycles. The number of rotatable bonds is 2. The lowest BCUT2D eigenvalue weighted by atomic mass is 9.47. The minimum Gasteiger partial charge on any atom is -0.349 e. The van der Waals surface area contributed by atoms with Crippen LogP contribution in [0.3, 0.4) is 0 Å². The molecule has 3 heteroatoms. The van der Waals surface area contributed by atoms with E-state index < -0.39 is 0 Å². The maximum atomic E-state index is 11.9. The second-order valence-electron chi connectivity index (χ2n) is 10.6. The predicted octanol–water partition coefficient (Wildman–Crippen LogP) is 5.40. The van der Waals surface area contributed by atoms with Crippen molar-refractivity contribution in [3.05, 3.63) is 47.8 Å². The number of nitrogens with one attached hydrogen (secondary N) is 1. The van der Waals surface area contributed by atoms with Crippen molar-refractivity contribution in [2.45, 2.75) is 65.3 Å². The molecule has 154 valence electrons. The molecule has 4 aliphatic rings. The van der Waals surface area contributed by atoms with Crippen LogP contribution in [0.15, 0.2) is 42.3 Å². The molecule has 7 atom stereocenters. The Labute approximate surface area is 175 Å². The van der Waals surface area contributed by atoms with Gasteiger partial charge in [-0.25, -0.2) is 0 Å². The number of fused-ring (bicyclic) bond motifs is 5. The first-order valence-corrected chi connectivity index (χ1v) is 11.5. The third-order valence-corrected chi connectivity index (χ3v) is 9.34. The lowest BCUT2D eigenvalue weighted by Gasteiger charge is -2.59. The van der Waals surface area contributed by atoms with E-state index in [1.165, 1.54) is 37.7 Å². The summed E-state index contributed by atoms with van der Waals surface area (Å²) < 4.78 is 0. The Hall–Kier alpha value is -1.90. The molecule has 0 saturated heterocycles. The Bertz CT molecular complexity index is 859. The van der Waals surface area contributed by atoms with Gasteiger partial charge in [0.1, 0.15) is 0 Å². The Morgan fingerprint density at radius 1 is 1.10 bits per heavy atom. The van der Waals surface area contributed by atoms with Crippen LogP contribution in [0.2, 0.25) is 0 Å². The zero-order valence-electron chi connectivity index (χ0n) is 18.0. The van der Waals surface area contributed by atoms with Gasteiger partial charge in [-0.05, 0) is 98.3 Å². The van der Waals surface area contributed by atoms with Gasteiger partial charge in [0.15, 0.2) is 0 Å². The number of hydrogen-bond acceptors (Lipinski definition) is 2. The van der Waals surface area contributed by atoms with Gasteiger partial charge in [-0.15, -0.1) is 0 Å². The SMILES string of the molecule is C/C(=C/c1ccncc1)[C@H]1CC[C@H]2[C@@H]3CC[C@H]4NC(=O)C=C[C@]4(C)[C@H]3CC[C@]12C. The normalized spacial score (nSPS) is 43.9. The van der Waals surface area contributed by atoms with Gasteiger partial charge >= 0.3 is 0 Å². The van der Waals surface area contributed by atoms with Crippen LogP contribution in [-0.4, -0.2) is 16.9 Å². The average molecular weight is 391 g/mol. The van der Waals surface area contributed by atoms with E-state index in [0.717, 1.165) is 18.3 Å². The summed E-state index contributed by atoms with van der Waals surface area (Å²) >= 11 is 0. The molecule has 0 bridgehead atoms. The van der Waals surface area contributed by atoms with E-state index in [4.69, 9.17) is 0 Å². The lowest BCUT2D eigenvalue weighted by molar-refractivity contribution is -0.122. The first-order chi connectivity index (χ1) is 13.9. The standard InChI is InChI=1S/C26H34N2O/c1-17(16-18-10-14-27-15-11-18)20-5-6-21-19-4-7-23-26(3,13-9-24(29)28-23)22(19)8-12-25(20,21)2/h9-11,13-16,19-23H,4-8,12H2,1-3H3,(H,28,29)/b17-16-/t19-,20+,21-,22-,23+,25+,26+/m0/s1. The molecule has 3 saturated carbocycles. The van der Waals surface area contributed by atoms with Gasteiger partial charge in [-0.3, -0.25) is 9.78 Å². The number of aromatic nitrogens is 1. The van der Waals surface area contributed by atoms with Gasteiger partial charge in [-0.1, -0.05) is 31.6 Å². The van der Waals surface area contributed by atoms with Crippen LogP contribution in [-0.2, 0) is 4.79 Å². The van der Waals surface area contributed by atoms with Crippen molar-refractivity contribution in [1.29, 1.82) is 0 Å². The van der Waals surface area contributed by atoms with Gasteiger partial charge < -0.3 is 5.32 Å². The van der Waals surface area contributed by atoms with Crippen molar-refractivity contribution in [2.75, 3.05) is 0 Å². The largest absolute Gasteiger partial charge is 0.349 e. The molecular formula is C26H34N2O. The zero-order chi connectivity index (χ0) is 20.2. The molecule has 2 heterocycles. The fourth-order valence-corrected chi connectivity index (χ4v) is 7.90. The minimum atomic E-state index is 0.101. The molecule has 1 N–H and O–H groups in total. The summed E-state index contributed by atoms with van der Waals surface area (Å²) in [6.45, 7) is 7.35. The molecule has 1 aromatic rings. The number of allylic oxidation sites excluding steroid dienone is 1. The van der Waals surface area contributed by atoms with E-state index in [-0.39, 0.29) is 11.3 Å². The van der Waals surface area contributed by atoms with Crippen molar-refractivity contribution in [1.82, 2.24) is 10.3 Å². The molecule has 0 radical (unpaired) electrons. The van der Waals surface area contributed by atoms with Crippen LogP contribution in [0.5, 0.6) is 0 Å². The number of hydrogen-bond donors (Lipinski definition) is 1. The average Bonchev–Trinajstić information content (AvgIpc) is 3.06. The van der Waals surface area contributed by atoms with E-state index in [9.17, 15) is 4.79 Å². The van der Waals surface area contributed by atoms with E-state index in [1.807, 2.05) is 12.4 Å². The maximum absolute atomic E-state index is 11.9. The Balaban J connectivity index is 1.42. The third kappa shape index (κ3) is 2.92. The molecule has 1 amide bonds. The number of pyridine rings is 1. The first-order valence-electron chi connectivity index (χ1n) is 11.5. The highest BCUT2D eigenvalue weighted by molar-refractivity contribution is 5.89. The van der Waals surface area contributed by atoms with Crippen LogP contribution >= 0.6 is 0 Å². The quantitative estimate of drug-likeness (QED) is 0.735. The molecule has 1 aliphatic heterocycles. The first kappa shape index (κ1) is 19.1. The number of nitrogens with zero attached hydrogens (tertiary/aromatic N) is 1. The molecule has 0 unspecified atom stereocenters. The second-order valence-corrected chi connectivity index (χ2v) is 10.6. The number of carbonyl (C=O) groups excluding carboxylic acids is 1. The maximum Gasteiger partial charge on any atom is 0.243 e. The Kier molecular flexibility index (Phi) is 4.49. The van der Waals surface area contributed by atoms with E-state index in [2.05, 4.69) is 55.4 Å². The Morgan fingerprint density at radius 2 is 1.90 bits per heavy atom. The zero-order valence-corrected chi connectivity index (χ0v) is 18.0. The van der Waals surface area contributed by atoms with Gasteiger partial charge in [0.25, 0.3) is 0 Å². The van der Waals surface area contributed by atoms with Crippen molar-refractivity contribution >= 4 is 12.0 Å². The fraction of sp³-hybridized carbons (Fsp3) is 0.615. The predicted molar refractivity (Wildman–Crippen MR) is 117 cm³/mol. The van der Waals surface area contributed by atoms with Crippen molar-refractivity contribution in [2.24, 2.45) is 34.5 Å². The van der Waals surface area contributed by atoms with Crippen LogP contribution in [0.25, 0.3) is 6.08 Å². The van der Waals surface area contributed by atoms with Crippen LogP contribution < -0.4 is 5.32 Å². The lowest BCUT2D eigenvalue weighted by Crippen LogP contribution is -2.59. The van der Waals surface area contributed by atoms with Crippen LogP contribution in [0, 0.1) is 34.5 Å². The summed E-state index contributed by atoms with van der Waals surface area (Å²) in [5.41, 5.74) is 3.37. The second kappa shape index (κ2) is 6.82. The summed E-state index contributed by atoms with van der Waals surface area (Å²) in [6, 6.07) is 4.55. The molecule has 1 aromatic heterocycles. The van der Waals surface area contributed by atoms with Gasteiger partial charge in [0, 0.05) is 23.9 Å². The smallest absolute Gasteiger partial charge is 0.243 e. The summed E-state index contributed by atoms with van der Waals surface area (Å²) in [6.07, 6.45) is 17.9. The van der Waals surface area contributed by atoms with Crippen molar-refractivity contribution in [3.8, 4) is 0 Å². The number of carbonyl (C=O) groups is 1. The van der Waals surface area contributed by atoms with E-state index >= 15 is 0 Å². The minimum absolute atomic E-state index is 0.101. The summed E-state index contributed by atoms with van der Waals surface area (Å²) in [7, 11) is 0. The monoisotopic (exact) mass is 390 g/mol. The molecule has 0 spiro atoms. The summed E-state index contributed by atoms with van der Waals surface area (Å²) in [5.74, 6) is 3.11. The van der Waals surface area contributed by atoms with Crippen LogP contribution in [0.4, 0.5) is 0 Å². The number of amides is 1. The van der Waals surface area contributed by atoms with Gasteiger partial charge in [0.2, 0.25) is 5.91 Å². The highest BCUT2D eigenvalue weighted by Crippen LogP contribution is 2.66.